The molecule has 3 nitrogen and oxygen atoms in total. The van der Waals surface area contributed by atoms with E-state index in [9.17, 15) is 83.1 Å². The van der Waals surface area contributed by atoms with Gasteiger partial charge in [-0.15, -0.1) is 0 Å². The number of hydrogen-bond donors (Lipinski definition) is 1. The minimum atomic E-state index is -8.77. The second-order valence-electron chi connectivity index (χ2n) is 5.38. The van der Waals surface area contributed by atoms with Crippen LogP contribution < -0.4 is 0 Å². The molecule has 0 heterocycles. The Morgan fingerprint density at radius 2 is 0.742 bits per heavy atom. The third-order valence-corrected chi connectivity index (χ3v) is 3.68. The summed E-state index contributed by atoms with van der Waals surface area (Å²) in [5.74, 6) is -58.0. The van der Waals surface area contributed by atoms with Gasteiger partial charge in [-0.05, 0) is 0 Å². The fourth-order valence-electron chi connectivity index (χ4n) is 1.45. The van der Waals surface area contributed by atoms with Crippen LogP contribution in [0.2, 0.25) is 0 Å². The summed E-state index contributed by atoms with van der Waals surface area (Å²) in [6.45, 7) is 0. The molecule has 31 heavy (non-hydrogen) atoms. The second kappa shape index (κ2) is 7.24. The third kappa shape index (κ3) is 4.25. The lowest BCUT2D eigenvalue weighted by Crippen LogP contribution is -2.74. The summed E-state index contributed by atoms with van der Waals surface area (Å²) >= 11 is 0. The molecule has 1 N–H and O–H groups in total. The summed E-state index contributed by atoms with van der Waals surface area (Å²) in [5, 5.41) is -1.47. The van der Waals surface area contributed by atoms with Crippen molar-refractivity contribution in [2.45, 2.75) is 47.6 Å². The summed E-state index contributed by atoms with van der Waals surface area (Å²) in [6, 6.07) is 0. The Labute approximate surface area is 158 Å². The summed E-state index contributed by atoms with van der Waals surface area (Å²) in [6.07, 6.45) is -9.86. The molecule has 0 spiro atoms. The molecular formula is C10H3F17O3S. The summed E-state index contributed by atoms with van der Waals surface area (Å²) in [7, 11) is -5.90. The Balaban J connectivity index is 6.79. The van der Waals surface area contributed by atoms with Crippen LogP contribution >= 0.6 is 0 Å². The van der Waals surface area contributed by atoms with Crippen LogP contribution in [0.1, 0.15) is 0 Å². The molecule has 0 unspecified atom stereocenters. The first kappa shape index (κ1) is 29.5. The fourth-order valence-corrected chi connectivity index (χ4v) is 1.79. The topological polar surface area (TPSA) is 54.4 Å². The van der Waals surface area contributed by atoms with Gasteiger partial charge >= 0.3 is 47.6 Å². The normalized spacial score (nSPS) is 16.8. The van der Waals surface area contributed by atoms with Gasteiger partial charge in [-0.25, -0.2) is 0 Å². The van der Waals surface area contributed by atoms with Crippen LogP contribution in [0.15, 0.2) is 11.5 Å². The number of allylic oxidation sites excluding steroid dienone is 1. The van der Waals surface area contributed by atoms with E-state index in [1.807, 2.05) is 0 Å². The Morgan fingerprint density at radius 1 is 0.484 bits per heavy atom. The van der Waals surface area contributed by atoms with Crippen LogP contribution in [-0.4, -0.2) is 60.6 Å². The predicted molar refractivity (Wildman–Crippen MR) is 61.4 cm³/mol. The van der Waals surface area contributed by atoms with Crippen LogP contribution in [0.5, 0.6) is 0 Å². The first-order chi connectivity index (χ1) is 13.0. The second-order valence-corrected chi connectivity index (χ2v) is 6.69. The largest absolute Gasteiger partial charge is 0.460 e. The Bertz CT molecular complexity index is 807. The van der Waals surface area contributed by atoms with Crippen LogP contribution in [0, 0.1) is 0 Å². The van der Waals surface area contributed by atoms with E-state index in [-0.39, 0.29) is 0 Å². The highest BCUT2D eigenvalue weighted by molar-refractivity contribution is 7.88. The highest BCUT2D eigenvalue weighted by atomic mass is 32.2. The lowest BCUT2D eigenvalue weighted by Gasteiger charge is -2.42. The standard InChI is InChI=1S/C10H3F17O3S/c11-3(12,1-2-31(28,29)30)4(13,14)5(15,16)6(17,18)7(19,20)8(21,22)9(23,24)10(25,26)27/h1-2H,(H,28,29,30)/b2-1+. The van der Waals surface area contributed by atoms with Crippen LogP contribution in [-0.2, 0) is 10.1 Å². The molecule has 0 fully saturated rings. The zero-order chi connectivity index (χ0) is 25.9. The summed E-state index contributed by atoms with van der Waals surface area (Å²) < 4.78 is 246. The van der Waals surface area contributed by atoms with Gasteiger partial charge < -0.3 is 0 Å². The molecule has 21 heteroatoms. The molecule has 0 saturated carbocycles. The van der Waals surface area contributed by atoms with Crippen molar-refractivity contribution in [2.24, 2.45) is 0 Å². The predicted octanol–water partition coefficient (Wildman–Crippen LogP) is 5.40. The smallest absolute Gasteiger partial charge is 0.282 e. The molecule has 0 amide bonds. The molecule has 0 atom stereocenters. The molecular weight excluding hydrogens is 523 g/mol. The van der Waals surface area contributed by atoms with E-state index in [1.165, 1.54) is 0 Å². The maximum Gasteiger partial charge on any atom is 0.460 e. The van der Waals surface area contributed by atoms with Gasteiger partial charge in [0.25, 0.3) is 10.1 Å². The van der Waals surface area contributed by atoms with Crippen molar-refractivity contribution in [3.8, 4) is 0 Å². The van der Waals surface area contributed by atoms with Crippen molar-refractivity contribution < 1.29 is 87.6 Å². The minimum absolute atomic E-state index is 1.47. The number of hydrogen-bond acceptors (Lipinski definition) is 2. The van der Waals surface area contributed by atoms with Crippen molar-refractivity contribution in [3.05, 3.63) is 11.5 Å². The van der Waals surface area contributed by atoms with E-state index in [0.717, 1.165) is 0 Å². The van der Waals surface area contributed by atoms with E-state index in [1.54, 1.807) is 0 Å². The summed E-state index contributed by atoms with van der Waals surface area (Å²) in [5.41, 5.74) is 0. The molecule has 0 aromatic heterocycles. The molecule has 0 rings (SSSR count). The van der Waals surface area contributed by atoms with Crippen LogP contribution in [0.3, 0.4) is 0 Å². The van der Waals surface area contributed by atoms with E-state index in [4.69, 9.17) is 4.55 Å². The molecule has 0 aliphatic rings. The maximum atomic E-state index is 13.2. The first-order valence-corrected chi connectivity index (χ1v) is 7.84. The quantitative estimate of drug-likeness (QED) is 0.341. The Morgan fingerprint density at radius 3 is 1.00 bits per heavy atom. The van der Waals surface area contributed by atoms with Gasteiger partial charge in [-0.3, -0.25) is 4.55 Å². The van der Waals surface area contributed by atoms with Gasteiger partial charge in [-0.2, -0.15) is 83.1 Å². The van der Waals surface area contributed by atoms with Crippen molar-refractivity contribution in [1.29, 1.82) is 0 Å². The average molecular weight is 526 g/mol. The number of alkyl halides is 17. The van der Waals surface area contributed by atoms with Gasteiger partial charge in [0, 0.05) is 6.08 Å². The van der Waals surface area contributed by atoms with Gasteiger partial charge in [-0.1, -0.05) is 0 Å². The molecule has 0 aliphatic carbocycles. The first-order valence-electron chi connectivity index (χ1n) is 6.34. The minimum Gasteiger partial charge on any atom is -0.282 e. The van der Waals surface area contributed by atoms with Crippen molar-refractivity contribution in [3.63, 3.8) is 0 Å². The van der Waals surface area contributed by atoms with Gasteiger partial charge in [0.05, 0.1) is 5.41 Å². The van der Waals surface area contributed by atoms with E-state index < -0.39 is 69.2 Å². The van der Waals surface area contributed by atoms with Gasteiger partial charge in [0.15, 0.2) is 0 Å². The molecule has 0 aromatic rings. The molecule has 0 bridgehead atoms. The van der Waals surface area contributed by atoms with Crippen molar-refractivity contribution in [1.82, 2.24) is 0 Å². The molecule has 0 saturated heterocycles. The molecule has 0 aliphatic heterocycles. The van der Waals surface area contributed by atoms with E-state index in [2.05, 4.69) is 0 Å². The van der Waals surface area contributed by atoms with Crippen LogP contribution in [0.4, 0.5) is 74.6 Å². The van der Waals surface area contributed by atoms with Crippen molar-refractivity contribution in [2.75, 3.05) is 0 Å². The van der Waals surface area contributed by atoms with E-state index in [0.29, 0.717) is 0 Å². The SMILES string of the molecule is O=S(=O)(O)/C=C/C(F)(F)C(F)(F)C(F)(F)C(F)(F)C(F)(F)C(F)(F)C(F)(F)C(F)(F)F. The Hall–Kier alpha value is -1.54. The molecule has 0 radical (unpaired) electrons. The molecule has 0 aromatic carbocycles. The number of rotatable bonds is 8. The zero-order valence-electron chi connectivity index (χ0n) is 13.3. The molecule has 186 valence electrons. The van der Waals surface area contributed by atoms with E-state index >= 15 is 0 Å². The van der Waals surface area contributed by atoms with Gasteiger partial charge in [0.2, 0.25) is 0 Å². The average Bonchev–Trinajstić information content (AvgIpc) is 2.50. The Kier molecular flexibility index (Phi) is 6.88. The highest BCUT2D eigenvalue weighted by Crippen LogP contribution is 2.64. The lowest BCUT2D eigenvalue weighted by atomic mass is 9.89. The van der Waals surface area contributed by atoms with Crippen LogP contribution in [0.25, 0.3) is 0 Å². The monoisotopic (exact) mass is 526 g/mol. The van der Waals surface area contributed by atoms with Gasteiger partial charge in [0.1, 0.15) is 0 Å². The third-order valence-electron chi connectivity index (χ3n) is 3.20. The zero-order valence-corrected chi connectivity index (χ0v) is 14.1. The fraction of sp³-hybridized carbons (Fsp3) is 0.800. The van der Waals surface area contributed by atoms with Crippen molar-refractivity contribution >= 4 is 10.1 Å². The maximum absolute atomic E-state index is 13.2. The lowest BCUT2D eigenvalue weighted by molar-refractivity contribution is -0.459. The summed E-state index contributed by atoms with van der Waals surface area (Å²) in [4.78, 5) is 0. The number of halogens is 17. The highest BCUT2D eigenvalue weighted by Gasteiger charge is 2.95.